The van der Waals surface area contributed by atoms with Gasteiger partial charge in [0.1, 0.15) is 0 Å². The van der Waals surface area contributed by atoms with Crippen LogP contribution in [0.15, 0.2) is 29.2 Å². The lowest BCUT2D eigenvalue weighted by Crippen LogP contribution is -2.02. The summed E-state index contributed by atoms with van der Waals surface area (Å²) in [6.07, 6.45) is 0. The summed E-state index contributed by atoms with van der Waals surface area (Å²) in [5, 5.41) is 0. The van der Waals surface area contributed by atoms with Crippen LogP contribution in [0.2, 0.25) is 0 Å². The number of ketones is 1. The summed E-state index contributed by atoms with van der Waals surface area (Å²) in [5.74, 6) is 0.0152. The molecule has 0 fully saturated rings. The van der Waals surface area contributed by atoms with Gasteiger partial charge in [-0.1, -0.05) is 12.1 Å². The van der Waals surface area contributed by atoms with Crippen LogP contribution in [0.3, 0.4) is 0 Å². The molecule has 0 N–H and O–H groups in total. The molecule has 0 bridgehead atoms. The van der Waals surface area contributed by atoms with Crippen molar-refractivity contribution in [3.63, 3.8) is 0 Å². The topological polar surface area (TPSA) is 43.4 Å². The van der Waals surface area contributed by atoms with Gasteiger partial charge in [0.05, 0.1) is 12.9 Å². The molecule has 1 rings (SSSR count). The number of carbonyl (C=O) groups excluding carboxylic acids is 2. The molecule has 0 aliphatic heterocycles. The van der Waals surface area contributed by atoms with Crippen molar-refractivity contribution < 1.29 is 14.3 Å². The van der Waals surface area contributed by atoms with Crippen LogP contribution in [0, 0.1) is 0 Å². The Morgan fingerprint density at radius 3 is 2.73 bits per heavy atom. The van der Waals surface area contributed by atoms with Crippen LogP contribution >= 0.6 is 11.8 Å². The summed E-state index contributed by atoms with van der Waals surface area (Å²) in [4.78, 5) is 22.9. The Bertz CT molecular complexity index is 374. The van der Waals surface area contributed by atoms with Gasteiger partial charge in [-0.3, -0.25) is 9.59 Å². The molecule has 4 heteroatoms. The van der Waals surface area contributed by atoms with Crippen LogP contribution in [0.1, 0.15) is 17.3 Å². The maximum absolute atomic E-state index is 11.1. The predicted octanol–water partition coefficient (Wildman–Crippen LogP) is 2.15. The first kappa shape index (κ1) is 11.8. The van der Waals surface area contributed by atoms with Gasteiger partial charge in [0.2, 0.25) is 0 Å². The van der Waals surface area contributed by atoms with Gasteiger partial charge in [0, 0.05) is 10.5 Å². The maximum Gasteiger partial charge on any atom is 0.315 e. The van der Waals surface area contributed by atoms with E-state index in [2.05, 4.69) is 4.74 Å². The lowest BCUT2D eigenvalue weighted by atomic mass is 10.2. The predicted molar refractivity (Wildman–Crippen MR) is 59.2 cm³/mol. The van der Waals surface area contributed by atoms with Crippen molar-refractivity contribution in [1.29, 1.82) is 0 Å². The summed E-state index contributed by atoms with van der Waals surface area (Å²) in [5.41, 5.74) is 0.657. The number of Topliss-reactive ketones (excluding diaryl/α,β-unsaturated/α-hetero) is 1. The highest BCUT2D eigenvalue weighted by Gasteiger charge is 2.04. The maximum atomic E-state index is 11.1. The Balaban J connectivity index is 2.66. The van der Waals surface area contributed by atoms with E-state index in [1.165, 1.54) is 25.8 Å². The number of ether oxygens (including phenoxy) is 1. The number of hydrogen-bond donors (Lipinski definition) is 0. The number of methoxy groups -OCH3 is 1. The molecule has 0 saturated heterocycles. The Hall–Kier alpha value is -1.29. The molecule has 0 spiro atoms. The second kappa shape index (κ2) is 5.56. The van der Waals surface area contributed by atoms with Gasteiger partial charge < -0.3 is 4.74 Å². The molecule has 0 aromatic heterocycles. The summed E-state index contributed by atoms with van der Waals surface area (Å²) < 4.78 is 4.52. The number of rotatable bonds is 4. The molecular formula is C11H12O3S. The van der Waals surface area contributed by atoms with E-state index in [9.17, 15) is 9.59 Å². The summed E-state index contributed by atoms with van der Waals surface area (Å²) in [6.45, 7) is 1.52. The van der Waals surface area contributed by atoms with E-state index >= 15 is 0 Å². The molecule has 1 aromatic rings. The van der Waals surface area contributed by atoms with E-state index < -0.39 is 0 Å². The second-order valence-corrected chi connectivity index (χ2v) is 4.00. The number of esters is 1. The highest BCUT2D eigenvalue weighted by Crippen LogP contribution is 2.19. The zero-order valence-corrected chi connectivity index (χ0v) is 9.47. The highest BCUT2D eigenvalue weighted by molar-refractivity contribution is 8.00. The molecule has 0 unspecified atom stereocenters. The molecule has 1 aromatic carbocycles. The monoisotopic (exact) mass is 224 g/mol. The Labute approximate surface area is 92.8 Å². The number of thioether (sulfide) groups is 1. The first-order chi connectivity index (χ1) is 7.13. The zero-order valence-electron chi connectivity index (χ0n) is 8.65. The molecule has 0 heterocycles. The fourth-order valence-corrected chi connectivity index (χ4v) is 1.79. The van der Waals surface area contributed by atoms with Crippen LogP contribution < -0.4 is 0 Å². The van der Waals surface area contributed by atoms with Gasteiger partial charge in [0.25, 0.3) is 0 Å². The van der Waals surface area contributed by atoms with Gasteiger partial charge >= 0.3 is 5.97 Å². The van der Waals surface area contributed by atoms with Crippen molar-refractivity contribution >= 4 is 23.5 Å². The van der Waals surface area contributed by atoms with Crippen LogP contribution in [-0.4, -0.2) is 24.6 Å². The van der Waals surface area contributed by atoms with E-state index in [0.29, 0.717) is 5.56 Å². The normalized spacial score (nSPS) is 9.73. The minimum absolute atomic E-state index is 0.0236. The second-order valence-electron chi connectivity index (χ2n) is 2.95. The third-order valence-electron chi connectivity index (χ3n) is 1.82. The van der Waals surface area contributed by atoms with Gasteiger partial charge in [0.15, 0.2) is 5.78 Å². The van der Waals surface area contributed by atoms with E-state index in [1.807, 2.05) is 6.07 Å². The number of carbonyl (C=O) groups is 2. The van der Waals surface area contributed by atoms with Crippen LogP contribution in [0.25, 0.3) is 0 Å². The van der Waals surface area contributed by atoms with Crippen molar-refractivity contribution in [1.82, 2.24) is 0 Å². The lowest BCUT2D eigenvalue weighted by molar-refractivity contribution is -0.137. The fourth-order valence-electron chi connectivity index (χ4n) is 1.01. The van der Waals surface area contributed by atoms with E-state index in [4.69, 9.17) is 0 Å². The van der Waals surface area contributed by atoms with E-state index in [-0.39, 0.29) is 17.5 Å². The van der Waals surface area contributed by atoms with Gasteiger partial charge in [-0.05, 0) is 19.1 Å². The number of benzene rings is 1. The largest absolute Gasteiger partial charge is 0.468 e. The van der Waals surface area contributed by atoms with E-state index in [0.717, 1.165) is 4.90 Å². The average molecular weight is 224 g/mol. The van der Waals surface area contributed by atoms with Crippen molar-refractivity contribution in [3.8, 4) is 0 Å². The molecule has 0 aliphatic rings. The van der Waals surface area contributed by atoms with E-state index in [1.54, 1.807) is 18.2 Å². The van der Waals surface area contributed by atoms with Crippen LogP contribution in [0.5, 0.6) is 0 Å². The van der Waals surface area contributed by atoms with Crippen molar-refractivity contribution in [2.75, 3.05) is 12.9 Å². The average Bonchev–Trinajstić information content (AvgIpc) is 2.26. The molecule has 0 radical (unpaired) electrons. The molecule has 0 atom stereocenters. The third kappa shape index (κ3) is 3.75. The van der Waals surface area contributed by atoms with Gasteiger partial charge in [-0.2, -0.15) is 0 Å². The SMILES string of the molecule is COC(=O)CSc1cccc(C(C)=O)c1. The molecule has 0 aliphatic carbocycles. The first-order valence-electron chi connectivity index (χ1n) is 4.44. The minimum Gasteiger partial charge on any atom is -0.468 e. The van der Waals surface area contributed by atoms with Crippen molar-refractivity contribution in [3.05, 3.63) is 29.8 Å². The standard InChI is InChI=1S/C11H12O3S/c1-8(12)9-4-3-5-10(6-9)15-7-11(13)14-2/h3-6H,7H2,1-2H3. The summed E-state index contributed by atoms with van der Waals surface area (Å²) >= 11 is 1.36. The van der Waals surface area contributed by atoms with Crippen molar-refractivity contribution in [2.45, 2.75) is 11.8 Å². The van der Waals surface area contributed by atoms with Gasteiger partial charge in [-0.15, -0.1) is 11.8 Å². The highest BCUT2D eigenvalue weighted by atomic mass is 32.2. The lowest BCUT2D eigenvalue weighted by Gasteiger charge is -2.02. The minimum atomic E-state index is -0.270. The smallest absolute Gasteiger partial charge is 0.315 e. The Morgan fingerprint density at radius 2 is 2.13 bits per heavy atom. The summed E-state index contributed by atoms with van der Waals surface area (Å²) in [6, 6.07) is 7.19. The molecule has 3 nitrogen and oxygen atoms in total. The third-order valence-corrected chi connectivity index (χ3v) is 2.79. The fraction of sp³-hybridized carbons (Fsp3) is 0.273. The zero-order chi connectivity index (χ0) is 11.3. The quantitative estimate of drug-likeness (QED) is 0.446. The van der Waals surface area contributed by atoms with Crippen LogP contribution in [-0.2, 0) is 9.53 Å². The first-order valence-corrected chi connectivity index (χ1v) is 5.42. The molecular weight excluding hydrogens is 212 g/mol. The molecule has 15 heavy (non-hydrogen) atoms. The Kier molecular flexibility index (Phi) is 4.37. The molecule has 0 saturated carbocycles. The van der Waals surface area contributed by atoms with Crippen molar-refractivity contribution in [2.24, 2.45) is 0 Å². The Morgan fingerprint density at radius 1 is 1.40 bits per heavy atom. The van der Waals surface area contributed by atoms with Crippen LogP contribution in [0.4, 0.5) is 0 Å². The van der Waals surface area contributed by atoms with Gasteiger partial charge in [-0.25, -0.2) is 0 Å². The molecule has 80 valence electrons. The molecule has 0 amide bonds. The summed E-state index contributed by atoms with van der Waals surface area (Å²) in [7, 11) is 1.36. The number of hydrogen-bond acceptors (Lipinski definition) is 4.